The van der Waals surface area contributed by atoms with Gasteiger partial charge in [0.05, 0.1) is 11.0 Å². The van der Waals surface area contributed by atoms with Crippen LogP contribution in [0.5, 0.6) is 0 Å². The van der Waals surface area contributed by atoms with Gasteiger partial charge in [-0.15, -0.1) is 0 Å². The van der Waals surface area contributed by atoms with Crippen LogP contribution >= 0.6 is 0 Å². The second kappa shape index (κ2) is 10.6. The van der Waals surface area contributed by atoms with E-state index in [0.717, 1.165) is 28.1 Å². The topological polar surface area (TPSA) is 17.8 Å². The summed E-state index contributed by atoms with van der Waals surface area (Å²) in [5.41, 5.74) is 17.8. The van der Waals surface area contributed by atoms with Crippen LogP contribution in [0.15, 0.2) is 158 Å². The van der Waals surface area contributed by atoms with Crippen molar-refractivity contribution in [3.8, 4) is 50.5 Å². The van der Waals surface area contributed by atoms with Crippen LogP contribution in [-0.2, 0) is 10.8 Å². The van der Waals surface area contributed by atoms with E-state index in [9.17, 15) is 0 Å². The normalized spacial score (nSPS) is 14.8. The van der Waals surface area contributed by atoms with Gasteiger partial charge in [-0.3, -0.25) is 4.57 Å². The van der Waals surface area contributed by atoms with Crippen LogP contribution in [0.2, 0.25) is 0 Å². The van der Waals surface area contributed by atoms with E-state index in [1.54, 1.807) is 0 Å². The molecule has 0 atom stereocenters. The number of aromatic nitrogens is 2. The maximum Gasteiger partial charge on any atom is 0.145 e. The predicted octanol–water partition coefficient (Wildman–Crippen LogP) is 13.9. The molecule has 0 amide bonds. The van der Waals surface area contributed by atoms with E-state index in [2.05, 4.69) is 190 Å². The van der Waals surface area contributed by atoms with Crippen molar-refractivity contribution < 1.29 is 0 Å². The molecule has 0 saturated heterocycles. The highest BCUT2D eigenvalue weighted by Crippen LogP contribution is 2.57. The molecule has 2 aliphatic carbocycles. The fourth-order valence-electron chi connectivity index (χ4n) is 10.4. The average Bonchev–Trinajstić information content (AvgIpc) is 3.80. The zero-order chi connectivity index (χ0) is 36.8. The summed E-state index contributed by atoms with van der Waals surface area (Å²) in [6, 6.07) is 58.6. The average molecular weight is 703 g/mol. The van der Waals surface area contributed by atoms with Crippen LogP contribution in [0.1, 0.15) is 49.9 Å². The molecule has 0 saturated carbocycles. The molecule has 9 aromatic carbocycles. The Kier molecular flexibility index (Phi) is 5.94. The molecule has 2 nitrogen and oxygen atoms in total. The minimum absolute atomic E-state index is 0.0301. The lowest BCUT2D eigenvalue weighted by molar-refractivity contribution is 0.661. The SMILES string of the molecule is CC1(C)c2ccccc2-c2c1cc1ccc3c4c(cc5ccc2c1c53)C(C)(C)c1cc(-c2ccc(-c3nc5ccccc5n3-c3ccccc3)cc2)ccc1-4. The zero-order valence-corrected chi connectivity index (χ0v) is 31.4. The van der Waals surface area contributed by atoms with Crippen LogP contribution in [0.3, 0.4) is 0 Å². The fraction of sp³-hybridized carbons (Fsp3) is 0.113. The van der Waals surface area contributed by atoms with Gasteiger partial charge in [0.15, 0.2) is 0 Å². The Balaban J connectivity index is 0.994. The van der Waals surface area contributed by atoms with Crippen molar-refractivity contribution in [2.45, 2.75) is 38.5 Å². The minimum Gasteiger partial charge on any atom is -0.292 e. The molecular formula is C53H38N2. The van der Waals surface area contributed by atoms with Gasteiger partial charge in [0.1, 0.15) is 5.82 Å². The summed E-state index contributed by atoms with van der Waals surface area (Å²) in [7, 11) is 0. The zero-order valence-electron chi connectivity index (χ0n) is 31.4. The minimum atomic E-state index is -0.143. The van der Waals surface area contributed by atoms with Gasteiger partial charge in [-0.2, -0.15) is 0 Å². The van der Waals surface area contributed by atoms with Crippen molar-refractivity contribution in [1.82, 2.24) is 9.55 Å². The molecule has 2 heteroatoms. The van der Waals surface area contributed by atoms with Crippen molar-refractivity contribution >= 4 is 43.4 Å². The quantitative estimate of drug-likeness (QED) is 0.168. The third kappa shape index (κ3) is 4.01. The molecule has 2 aliphatic rings. The third-order valence-electron chi connectivity index (χ3n) is 13.1. The third-order valence-corrected chi connectivity index (χ3v) is 13.1. The number of para-hydroxylation sites is 3. The molecule has 10 aromatic rings. The molecule has 55 heavy (non-hydrogen) atoms. The van der Waals surface area contributed by atoms with Crippen LogP contribution in [0, 0.1) is 0 Å². The van der Waals surface area contributed by atoms with Crippen LogP contribution in [0.25, 0.3) is 93.8 Å². The summed E-state index contributed by atoms with van der Waals surface area (Å²) in [5.74, 6) is 0.951. The van der Waals surface area contributed by atoms with Gasteiger partial charge in [0.2, 0.25) is 0 Å². The van der Waals surface area contributed by atoms with E-state index in [0.29, 0.717) is 0 Å². The first-order chi connectivity index (χ1) is 26.8. The van der Waals surface area contributed by atoms with Gasteiger partial charge in [-0.05, 0) is 130 Å². The predicted molar refractivity (Wildman–Crippen MR) is 231 cm³/mol. The Morgan fingerprint density at radius 1 is 0.436 bits per heavy atom. The Morgan fingerprint density at radius 3 is 1.71 bits per heavy atom. The summed E-state index contributed by atoms with van der Waals surface area (Å²) in [5, 5.41) is 8.19. The van der Waals surface area contributed by atoms with Crippen LogP contribution in [0.4, 0.5) is 0 Å². The highest BCUT2D eigenvalue weighted by atomic mass is 15.1. The van der Waals surface area contributed by atoms with Gasteiger partial charge in [-0.1, -0.05) is 143 Å². The van der Waals surface area contributed by atoms with E-state index in [1.807, 2.05) is 0 Å². The van der Waals surface area contributed by atoms with Gasteiger partial charge >= 0.3 is 0 Å². The molecule has 0 N–H and O–H groups in total. The number of benzene rings is 9. The smallest absolute Gasteiger partial charge is 0.145 e. The Morgan fingerprint density at radius 2 is 1.00 bits per heavy atom. The van der Waals surface area contributed by atoms with E-state index in [4.69, 9.17) is 4.98 Å². The lowest BCUT2D eigenvalue weighted by Gasteiger charge is -2.24. The van der Waals surface area contributed by atoms with Crippen molar-refractivity contribution in [3.63, 3.8) is 0 Å². The highest BCUT2D eigenvalue weighted by Gasteiger charge is 2.39. The molecule has 260 valence electrons. The van der Waals surface area contributed by atoms with Gasteiger partial charge < -0.3 is 0 Å². The van der Waals surface area contributed by atoms with E-state index in [-0.39, 0.29) is 10.8 Å². The van der Waals surface area contributed by atoms with Crippen molar-refractivity contribution in [1.29, 1.82) is 0 Å². The molecule has 0 spiro atoms. The van der Waals surface area contributed by atoms with Crippen LogP contribution < -0.4 is 0 Å². The molecular weight excluding hydrogens is 665 g/mol. The summed E-state index contributed by atoms with van der Waals surface area (Å²) < 4.78 is 2.27. The van der Waals surface area contributed by atoms with Gasteiger partial charge in [0.25, 0.3) is 0 Å². The summed E-state index contributed by atoms with van der Waals surface area (Å²) >= 11 is 0. The fourth-order valence-corrected chi connectivity index (χ4v) is 10.4. The maximum absolute atomic E-state index is 5.10. The Labute approximate surface area is 320 Å². The molecule has 12 rings (SSSR count). The lowest BCUT2D eigenvalue weighted by atomic mass is 9.79. The standard InChI is InChI=1S/C53H38N2/c1-52(2)41-15-9-8-14-37(41)49-39-26-23-35-30-44-50(40-27-24-34(29-43(49)52)47(39)48(35)40)38-25-22-33(28-42(38)53(44,3)4)31-18-20-32(21-19-31)51-54-45-16-10-11-17-46(45)55(51)36-12-6-5-7-13-36/h5-30H,1-4H3. The van der Waals surface area contributed by atoms with Crippen LogP contribution in [-0.4, -0.2) is 9.55 Å². The second-order valence-electron chi connectivity index (χ2n) is 16.7. The number of imidazole rings is 1. The molecule has 0 aliphatic heterocycles. The van der Waals surface area contributed by atoms with Crippen molar-refractivity contribution in [2.24, 2.45) is 0 Å². The summed E-state index contributed by atoms with van der Waals surface area (Å²) in [6.45, 7) is 9.57. The molecule has 0 bridgehead atoms. The van der Waals surface area contributed by atoms with Gasteiger partial charge in [-0.25, -0.2) is 4.98 Å². The molecule has 0 unspecified atom stereocenters. The highest BCUT2D eigenvalue weighted by molar-refractivity contribution is 6.29. The molecule has 1 heterocycles. The number of hydrogen-bond acceptors (Lipinski definition) is 1. The molecule has 1 aromatic heterocycles. The van der Waals surface area contributed by atoms with Crippen molar-refractivity contribution in [2.75, 3.05) is 0 Å². The summed E-state index contributed by atoms with van der Waals surface area (Å²) in [4.78, 5) is 5.10. The monoisotopic (exact) mass is 702 g/mol. The number of nitrogens with zero attached hydrogens (tertiary/aromatic N) is 2. The number of hydrogen-bond donors (Lipinski definition) is 0. The van der Waals surface area contributed by atoms with Gasteiger partial charge in [0, 0.05) is 22.1 Å². The first-order valence-corrected chi connectivity index (χ1v) is 19.5. The van der Waals surface area contributed by atoms with Crippen molar-refractivity contribution in [3.05, 3.63) is 180 Å². The number of rotatable bonds is 3. The first-order valence-electron chi connectivity index (χ1n) is 19.5. The lowest BCUT2D eigenvalue weighted by Crippen LogP contribution is -2.15. The molecule has 0 fully saturated rings. The number of fused-ring (bicyclic) bond motifs is 9. The largest absolute Gasteiger partial charge is 0.292 e. The Bertz CT molecular complexity index is 3230. The first kappa shape index (κ1) is 30.9. The van der Waals surface area contributed by atoms with E-state index in [1.165, 1.54) is 88.0 Å². The van der Waals surface area contributed by atoms with E-state index >= 15 is 0 Å². The molecule has 0 radical (unpaired) electrons. The summed E-state index contributed by atoms with van der Waals surface area (Å²) in [6.07, 6.45) is 0. The van der Waals surface area contributed by atoms with E-state index < -0.39 is 0 Å². The Hall–Kier alpha value is -6.51. The second-order valence-corrected chi connectivity index (χ2v) is 16.7. The maximum atomic E-state index is 5.10.